The number of hydrogen-bond acceptors (Lipinski definition) is 6. The van der Waals surface area contributed by atoms with Crippen LogP contribution in [0, 0.1) is 11.8 Å². The van der Waals surface area contributed by atoms with Gasteiger partial charge in [-0.1, -0.05) is 24.0 Å². The minimum Gasteiger partial charge on any atom is -0.454 e. The predicted molar refractivity (Wildman–Crippen MR) is 127 cm³/mol. The highest BCUT2D eigenvalue weighted by Crippen LogP contribution is 2.42. The van der Waals surface area contributed by atoms with E-state index in [9.17, 15) is 15.0 Å². The third kappa shape index (κ3) is 4.37. The van der Waals surface area contributed by atoms with Crippen LogP contribution < -0.4 is 9.47 Å². The van der Waals surface area contributed by atoms with Crippen LogP contribution in [-0.2, 0) is 0 Å². The summed E-state index contributed by atoms with van der Waals surface area (Å²) in [6.45, 7) is 4.15. The van der Waals surface area contributed by atoms with Crippen LogP contribution in [0.5, 0.6) is 11.5 Å². The molecule has 2 aromatic carbocycles. The van der Waals surface area contributed by atoms with E-state index in [-0.39, 0.29) is 37.3 Å². The minimum atomic E-state index is -0.665. The second-order valence-corrected chi connectivity index (χ2v) is 9.17. The van der Waals surface area contributed by atoms with E-state index in [2.05, 4.69) is 28.9 Å². The number of nitrogens with zero attached hydrogens (tertiary/aromatic N) is 2. The van der Waals surface area contributed by atoms with Crippen LogP contribution in [0.3, 0.4) is 0 Å². The SMILES string of the molecule is C[C@@H](O)C#Cc1ccc([C@H]2[C@H](CO)N3CCCCN(C(=O)c4ccc5c(c4)OCO5)C[C@@H]23)cc1. The van der Waals surface area contributed by atoms with Gasteiger partial charge in [-0.15, -0.1) is 0 Å². The van der Waals surface area contributed by atoms with E-state index in [0.717, 1.165) is 30.5 Å². The van der Waals surface area contributed by atoms with Crippen molar-refractivity contribution in [2.24, 2.45) is 0 Å². The van der Waals surface area contributed by atoms with Gasteiger partial charge < -0.3 is 24.6 Å². The molecule has 34 heavy (non-hydrogen) atoms. The van der Waals surface area contributed by atoms with Gasteiger partial charge >= 0.3 is 0 Å². The number of carbonyl (C=O) groups excluding carboxylic acids is 1. The van der Waals surface area contributed by atoms with Crippen LogP contribution >= 0.6 is 0 Å². The lowest BCUT2D eigenvalue weighted by molar-refractivity contribution is -0.0606. The van der Waals surface area contributed by atoms with Crippen LogP contribution in [0.2, 0.25) is 0 Å². The summed E-state index contributed by atoms with van der Waals surface area (Å²) in [4.78, 5) is 17.7. The van der Waals surface area contributed by atoms with Crippen molar-refractivity contribution < 1.29 is 24.5 Å². The van der Waals surface area contributed by atoms with Gasteiger partial charge in [0, 0.05) is 42.2 Å². The van der Waals surface area contributed by atoms with E-state index in [1.165, 1.54) is 0 Å². The predicted octanol–water partition coefficient (Wildman–Crippen LogP) is 2.21. The molecule has 3 aliphatic rings. The molecule has 178 valence electrons. The first-order valence-corrected chi connectivity index (χ1v) is 11.9. The topological polar surface area (TPSA) is 82.5 Å². The molecule has 2 fully saturated rings. The molecule has 0 saturated carbocycles. The molecular formula is C27H30N2O5. The summed E-state index contributed by atoms with van der Waals surface area (Å²) in [5.74, 6) is 7.15. The first-order chi connectivity index (χ1) is 16.5. The molecule has 0 radical (unpaired) electrons. The number of amides is 1. The molecule has 0 aliphatic carbocycles. The zero-order valence-corrected chi connectivity index (χ0v) is 19.3. The second kappa shape index (κ2) is 9.67. The van der Waals surface area contributed by atoms with Crippen LogP contribution in [-0.4, -0.2) is 77.1 Å². The van der Waals surface area contributed by atoms with Crippen molar-refractivity contribution in [3.63, 3.8) is 0 Å². The Morgan fingerprint density at radius 2 is 1.88 bits per heavy atom. The number of ether oxygens (including phenoxy) is 2. The number of aliphatic hydroxyl groups is 2. The average molecular weight is 463 g/mol. The zero-order valence-electron chi connectivity index (χ0n) is 19.3. The number of hydrogen-bond donors (Lipinski definition) is 2. The fourth-order valence-corrected chi connectivity index (χ4v) is 5.31. The van der Waals surface area contributed by atoms with Gasteiger partial charge in [-0.3, -0.25) is 9.69 Å². The fraction of sp³-hybridized carbons (Fsp3) is 0.444. The van der Waals surface area contributed by atoms with Gasteiger partial charge in [-0.05, 0) is 62.2 Å². The van der Waals surface area contributed by atoms with E-state index in [0.29, 0.717) is 30.2 Å². The number of aliphatic hydroxyl groups excluding tert-OH is 2. The quantitative estimate of drug-likeness (QED) is 0.681. The maximum atomic E-state index is 13.4. The summed E-state index contributed by atoms with van der Waals surface area (Å²) in [5, 5.41) is 19.6. The number of rotatable bonds is 3. The molecule has 5 rings (SSSR count). The molecule has 0 spiro atoms. The molecule has 3 aliphatic heterocycles. The third-order valence-electron chi connectivity index (χ3n) is 7.00. The highest BCUT2D eigenvalue weighted by atomic mass is 16.7. The van der Waals surface area contributed by atoms with E-state index in [1.807, 2.05) is 17.0 Å². The third-order valence-corrected chi connectivity index (χ3v) is 7.00. The van der Waals surface area contributed by atoms with Gasteiger partial charge in [0.2, 0.25) is 6.79 Å². The lowest BCUT2D eigenvalue weighted by Crippen LogP contribution is -2.67. The summed E-state index contributed by atoms with van der Waals surface area (Å²) in [7, 11) is 0. The minimum absolute atomic E-state index is 0.00454. The number of benzene rings is 2. The molecule has 0 aromatic heterocycles. The molecule has 0 bridgehead atoms. The molecule has 3 heterocycles. The summed E-state index contributed by atoms with van der Waals surface area (Å²) in [5.41, 5.74) is 2.59. The lowest BCUT2D eigenvalue weighted by atomic mass is 9.74. The van der Waals surface area contributed by atoms with E-state index < -0.39 is 6.10 Å². The van der Waals surface area contributed by atoms with Gasteiger partial charge in [0.25, 0.3) is 5.91 Å². The van der Waals surface area contributed by atoms with Crippen LogP contribution in [0.15, 0.2) is 42.5 Å². The average Bonchev–Trinajstić information content (AvgIpc) is 3.30. The zero-order chi connectivity index (χ0) is 23.7. The van der Waals surface area contributed by atoms with Crippen molar-refractivity contribution in [3.8, 4) is 23.3 Å². The summed E-state index contributed by atoms with van der Waals surface area (Å²) >= 11 is 0. The Morgan fingerprint density at radius 3 is 2.65 bits per heavy atom. The van der Waals surface area contributed by atoms with Crippen molar-refractivity contribution in [2.45, 2.75) is 43.9 Å². The number of fused-ring (bicyclic) bond motifs is 2. The van der Waals surface area contributed by atoms with Crippen molar-refractivity contribution in [3.05, 3.63) is 59.2 Å². The highest BCUT2D eigenvalue weighted by Gasteiger charge is 2.49. The summed E-state index contributed by atoms with van der Waals surface area (Å²) < 4.78 is 10.8. The Labute approximate surface area is 199 Å². The molecule has 4 atom stereocenters. The van der Waals surface area contributed by atoms with E-state index in [4.69, 9.17) is 9.47 Å². The number of carbonyl (C=O) groups is 1. The summed E-state index contributed by atoms with van der Waals surface area (Å²) in [6.07, 6.45) is 1.25. The smallest absolute Gasteiger partial charge is 0.254 e. The first kappa shape index (κ1) is 22.7. The van der Waals surface area contributed by atoms with Gasteiger partial charge in [0.15, 0.2) is 11.5 Å². The Morgan fingerprint density at radius 1 is 1.12 bits per heavy atom. The van der Waals surface area contributed by atoms with Crippen molar-refractivity contribution in [2.75, 3.05) is 33.0 Å². The normalized spacial score (nSPS) is 24.7. The van der Waals surface area contributed by atoms with Gasteiger partial charge in [0.1, 0.15) is 6.10 Å². The van der Waals surface area contributed by atoms with Crippen LogP contribution in [0.25, 0.3) is 0 Å². The largest absolute Gasteiger partial charge is 0.454 e. The van der Waals surface area contributed by atoms with Crippen LogP contribution in [0.1, 0.15) is 47.2 Å². The molecule has 7 nitrogen and oxygen atoms in total. The maximum absolute atomic E-state index is 13.4. The Hall–Kier alpha value is -3.05. The van der Waals surface area contributed by atoms with Crippen LogP contribution in [0.4, 0.5) is 0 Å². The van der Waals surface area contributed by atoms with Crippen molar-refractivity contribution in [1.29, 1.82) is 0 Å². The molecule has 0 unspecified atom stereocenters. The monoisotopic (exact) mass is 462 g/mol. The van der Waals surface area contributed by atoms with Gasteiger partial charge in [-0.25, -0.2) is 0 Å². The molecule has 2 N–H and O–H groups in total. The van der Waals surface area contributed by atoms with Gasteiger partial charge in [0.05, 0.1) is 6.61 Å². The highest BCUT2D eigenvalue weighted by molar-refractivity contribution is 5.95. The lowest BCUT2D eigenvalue weighted by Gasteiger charge is -2.57. The Kier molecular flexibility index (Phi) is 6.46. The molecule has 2 aromatic rings. The van der Waals surface area contributed by atoms with E-state index in [1.54, 1.807) is 25.1 Å². The Bertz CT molecular complexity index is 1100. The summed E-state index contributed by atoms with van der Waals surface area (Å²) in [6, 6.07) is 13.6. The molecule has 1 amide bonds. The Balaban J connectivity index is 1.37. The van der Waals surface area contributed by atoms with Crippen molar-refractivity contribution >= 4 is 5.91 Å². The second-order valence-electron chi connectivity index (χ2n) is 9.17. The first-order valence-electron chi connectivity index (χ1n) is 11.9. The standard InChI is InChI=1S/C27H30N2O5/c1-18(31)4-5-19-6-8-20(9-7-19)26-22-15-28(12-2-3-13-29(22)23(26)16-30)27(32)21-10-11-24-25(14-21)34-17-33-24/h6-11,14,18,22-23,26,30-31H,2-3,12-13,15-17H2,1H3/t18-,22+,23+,26-/m1/s1. The molecule has 7 heteroatoms. The molecule has 2 saturated heterocycles. The van der Waals surface area contributed by atoms with Crippen molar-refractivity contribution in [1.82, 2.24) is 9.80 Å². The maximum Gasteiger partial charge on any atom is 0.254 e. The van der Waals surface area contributed by atoms with Gasteiger partial charge in [-0.2, -0.15) is 0 Å². The van der Waals surface area contributed by atoms with E-state index >= 15 is 0 Å². The fourth-order valence-electron chi connectivity index (χ4n) is 5.31. The molecular weight excluding hydrogens is 432 g/mol.